The van der Waals surface area contributed by atoms with Crippen molar-refractivity contribution in [3.05, 3.63) is 76.7 Å². The lowest BCUT2D eigenvalue weighted by Crippen LogP contribution is -2.43. The van der Waals surface area contributed by atoms with Crippen LogP contribution >= 0.6 is 0 Å². The number of allylic oxidation sites excluding steroid dienone is 1. The average molecular weight is 525 g/mol. The Morgan fingerprint density at radius 2 is 1.76 bits per heavy atom. The van der Waals surface area contributed by atoms with Gasteiger partial charge in [-0.2, -0.15) is 0 Å². The van der Waals surface area contributed by atoms with Gasteiger partial charge < -0.3 is 25.3 Å². The summed E-state index contributed by atoms with van der Waals surface area (Å²) in [6, 6.07) is 11.3. The van der Waals surface area contributed by atoms with Gasteiger partial charge in [0.15, 0.2) is 0 Å². The summed E-state index contributed by atoms with van der Waals surface area (Å²) in [5, 5.41) is 7.87. The molecule has 1 aromatic heterocycles. The highest BCUT2D eigenvalue weighted by Crippen LogP contribution is 2.06. The van der Waals surface area contributed by atoms with Crippen LogP contribution in [0.5, 0.6) is 0 Å². The second-order valence-electron chi connectivity index (χ2n) is 9.20. The van der Waals surface area contributed by atoms with Gasteiger partial charge in [0, 0.05) is 25.7 Å². The normalized spacial score (nSPS) is 11.7. The number of carbonyl (C=O) groups excluding carboxylic acids is 4. The molecule has 1 aromatic carbocycles. The van der Waals surface area contributed by atoms with Gasteiger partial charge >= 0.3 is 5.97 Å². The summed E-state index contributed by atoms with van der Waals surface area (Å²) in [5.41, 5.74) is 0.314. The van der Waals surface area contributed by atoms with Gasteiger partial charge in [0.05, 0.1) is 0 Å². The number of amides is 3. The van der Waals surface area contributed by atoms with Crippen molar-refractivity contribution in [1.82, 2.24) is 15.2 Å². The first-order chi connectivity index (χ1) is 18.2. The highest BCUT2D eigenvalue weighted by atomic mass is 16.5. The number of hydrogen-bond acceptors (Lipinski definition) is 6. The zero-order chi connectivity index (χ0) is 27.9. The van der Waals surface area contributed by atoms with E-state index in [0.717, 1.165) is 12.0 Å². The van der Waals surface area contributed by atoms with Gasteiger partial charge in [-0.3, -0.25) is 19.2 Å². The van der Waals surface area contributed by atoms with Crippen molar-refractivity contribution in [3.63, 3.8) is 0 Å². The van der Waals surface area contributed by atoms with Gasteiger partial charge in [-0.25, -0.2) is 4.79 Å². The first-order valence-electron chi connectivity index (χ1n) is 12.6. The quantitative estimate of drug-likeness (QED) is 0.257. The summed E-state index contributed by atoms with van der Waals surface area (Å²) in [7, 11) is 0. The van der Waals surface area contributed by atoms with Crippen molar-refractivity contribution in [1.29, 1.82) is 0 Å². The van der Waals surface area contributed by atoms with E-state index in [1.165, 1.54) is 29.8 Å². The number of ether oxygens (including phenoxy) is 1. The second-order valence-corrected chi connectivity index (χ2v) is 9.20. The fraction of sp³-hybridized carbons (Fsp3) is 0.393. The monoisotopic (exact) mass is 524 g/mol. The third kappa shape index (κ3) is 11.2. The second kappa shape index (κ2) is 15.8. The summed E-state index contributed by atoms with van der Waals surface area (Å²) < 4.78 is 6.38. The molecule has 0 fully saturated rings. The zero-order valence-corrected chi connectivity index (χ0v) is 22.1. The molecule has 0 aliphatic rings. The number of pyridine rings is 1. The van der Waals surface area contributed by atoms with E-state index in [2.05, 4.69) is 29.8 Å². The lowest BCUT2D eigenvalue weighted by Gasteiger charge is -2.17. The number of esters is 1. The number of nitrogens with zero attached hydrogens (tertiary/aromatic N) is 1. The lowest BCUT2D eigenvalue weighted by molar-refractivity contribution is -0.139. The van der Waals surface area contributed by atoms with Crippen LogP contribution in [-0.2, 0) is 37.1 Å². The maximum Gasteiger partial charge on any atom is 0.330 e. The number of aromatic nitrogens is 1. The fourth-order valence-corrected chi connectivity index (χ4v) is 3.42. The van der Waals surface area contributed by atoms with Crippen LogP contribution < -0.4 is 21.5 Å². The molecule has 204 valence electrons. The van der Waals surface area contributed by atoms with Crippen LogP contribution in [0.1, 0.15) is 45.6 Å². The van der Waals surface area contributed by atoms with Crippen LogP contribution in [0.15, 0.2) is 65.6 Å². The Bertz CT molecular complexity index is 1170. The topological polar surface area (TPSA) is 136 Å². The van der Waals surface area contributed by atoms with Crippen molar-refractivity contribution in [3.8, 4) is 0 Å². The SMILES string of the molecule is CC(=O)N[C@@H](CC/C=C/C(=O)OCc1ccccc1)C(=O)Nc1cccn(CC(=O)NCCC(C)C)c1=O. The maximum absolute atomic E-state index is 12.9. The smallest absolute Gasteiger partial charge is 0.330 e. The predicted molar refractivity (Wildman–Crippen MR) is 144 cm³/mol. The van der Waals surface area contributed by atoms with Crippen molar-refractivity contribution in [2.75, 3.05) is 11.9 Å². The summed E-state index contributed by atoms with van der Waals surface area (Å²) >= 11 is 0. The Morgan fingerprint density at radius 1 is 1.03 bits per heavy atom. The zero-order valence-electron chi connectivity index (χ0n) is 22.1. The Kier molecular flexibility index (Phi) is 12.5. The van der Waals surface area contributed by atoms with Gasteiger partial charge in [0.25, 0.3) is 5.56 Å². The van der Waals surface area contributed by atoms with Crippen molar-refractivity contribution < 1.29 is 23.9 Å². The van der Waals surface area contributed by atoms with E-state index in [4.69, 9.17) is 4.74 Å². The molecule has 10 nitrogen and oxygen atoms in total. The van der Waals surface area contributed by atoms with Crippen molar-refractivity contribution in [2.45, 2.75) is 59.2 Å². The molecule has 3 amide bonds. The van der Waals surface area contributed by atoms with Crippen LogP contribution in [0.2, 0.25) is 0 Å². The van der Waals surface area contributed by atoms with Crippen molar-refractivity contribution >= 4 is 29.4 Å². The molecule has 1 atom stereocenters. The molecule has 0 saturated carbocycles. The minimum Gasteiger partial charge on any atom is -0.458 e. The maximum atomic E-state index is 12.9. The highest BCUT2D eigenvalue weighted by molar-refractivity contribution is 5.96. The molecule has 0 unspecified atom stereocenters. The largest absolute Gasteiger partial charge is 0.458 e. The average Bonchev–Trinajstić information content (AvgIpc) is 2.87. The van der Waals surface area contributed by atoms with E-state index < -0.39 is 29.4 Å². The van der Waals surface area contributed by atoms with E-state index >= 15 is 0 Å². The van der Waals surface area contributed by atoms with E-state index in [0.29, 0.717) is 18.9 Å². The standard InChI is InChI=1S/C28H36N4O6/c1-20(2)15-16-29-25(34)18-32-17-9-13-24(28(32)37)31-27(36)23(30-21(3)33)12-7-8-14-26(35)38-19-22-10-5-4-6-11-22/h4-6,8-11,13-14,17,20,23H,7,12,15-16,18-19H2,1-3H3,(H,29,34)(H,30,33)(H,31,36)/b14-8+/t23-/m0/s1. The minimum atomic E-state index is -0.940. The Hall–Kier alpha value is -4.21. The van der Waals surface area contributed by atoms with Gasteiger partial charge in [0.2, 0.25) is 17.7 Å². The molecular formula is C28H36N4O6. The Balaban J connectivity index is 1.92. The first-order valence-corrected chi connectivity index (χ1v) is 12.6. The summed E-state index contributed by atoms with van der Waals surface area (Å²) in [6.45, 7) is 5.86. The predicted octanol–water partition coefficient (Wildman–Crippen LogP) is 2.53. The molecule has 1 heterocycles. The number of anilines is 1. The Labute approximate surface area is 222 Å². The summed E-state index contributed by atoms with van der Waals surface area (Å²) in [5.74, 6) is -1.39. The number of hydrogen-bond donors (Lipinski definition) is 3. The third-order valence-electron chi connectivity index (χ3n) is 5.43. The van der Waals surface area contributed by atoms with Gasteiger partial charge in [-0.15, -0.1) is 0 Å². The third-order valence-corrected chi connectivity index (χ3v) is 5.43. The molecule has 0 spiro atoms. The first kappa shape index (κ1) is 30.0. The van der Waals surface area contributed by atoms with Crippen LogP contribution in [0, 0.1) is 5.92 Å². The molecule has 10 heteroatoms. The van der Waals surface area contributed by atoms with Crippen LogP contribution in [-0.4, -0.2) is 40.8 Å². The van der Waals surface area contributed by atoms with E-state index in [1.807, 2.05) is 30.3 Å². The Morgan fingerprint density at radius 3 is 2.45 bits per heavy atom. The molecule has 0 aliphatic carbocycles. The lowest BCUT2D eigenvalue weighted by atomic mass is 10.1. The highest BCUT2D eigenvalue weighted by Gasteiger charge is 2.20. The van der Waals surface area contributed by atoms with E-state index in [-0.39, 0.29) is 31.2 Å². The van der Waals surface area contributed by atoms with E-state index in [9.17, 15) is 24.0 Å². The summed E-state index contributed by atoms with van der Waals surface area (Å²) in [6.07, 6.45) is 5.61. The molecule has 0 bridgehead atoms. The number of rotatable bonds is 14. The van der Waals surface area contributed by atoms with Crippen molar-refractivity contribution in [2.24, 2.45) is 5.92 Å². The van der Waals surface area contributed by atoms with Crippen LogP contribution in [0.4, 0.5) is 5.69 Å². The molecule has 0 saturated heterocycles. The molecule has 2 aromatic rings. The number of benzene rings is 1. The molecule has 2 rings (SSSR count). The number of carbonyl (C=O) groups is 4. The van der Waals surface area contributed by atoms with Gasteiger partial charge in [-0.1, -0.05) is 50.3 Å². The molecule has 0 aliphatic heterocycles. The molecular weight excluding hydrogens is 488 g/mol. The van der Waals surface area contributed by atoms with E-state index in [1.54, 1.807) is 12.1 Å². The minimum absolute atomic E-state index is 0.0112. The summed E-state index contributed by atoms with van der Waals surface area (Å²) in [4.78, 5) is 61.4. The van der Waals surface area contributed by atoms with Gasteiger partial charge in [-0.05, 0) is 42.9 Å². The number of nitrogens with one attached hydrogen (secondary N) is 3. The van der Waals surface area contributed by atoms with Gasteiger partial charge in [0.1, 0.15) is 24.9 Å². The molecule has 3 N–H and O–H groups in total. The fourth-order valence-electron chi connectivity index (χ4n) is 3.42. The van der Waals surface area contributed by atoms with Crippen LogP contribution in [0.3, 0.4) is 0 Å². The molecule has 38 heavy (non-hydrogen) atoms. The molecule has 0 radical (unpaired) electrons. The van der Waals surface area contributed by atoms with Crippen LogP contribution in [0.25, 0.3) is 0 Å².